The Balaban J connectivity index is 1.84. The van der Waals surface area contributed by atoms with Crippen LogP contribution in [0.4, 0.5) is 0 Å². The topological polar surface area (TPSA) is 57.5 Å². The van der Waals surface area contributed by atoms with Gasteiger partial charge in [-0.3, -0.25) is 4.79 Å². The fraction of sp³-hybridized carbons (Fsp3) is 0.250. The number of halogens is 1. The lowest BCUT2D eigenvalue weighted by atomic mass is 9.88. The van der Waals surface area contributed by atoms with Crippen LogP contribution in [-0.4, -0.2) is 23.2 Å². The molecule has 0 amide bonds. The zero-order chi connectivity index (χ0) is 21.3. The molecule has 2 aromatic carbocycles. The zero-order valence-electron chi connectivity index (χ0n) is 16.8. The smallest absolute Gasteiger partial charge is 0.348 e. The molecular weight excluding hydrogens is 402 g/mol. The molecule has 154 valence electrons. The van der Waals surface area contributed by atoms with Gasteiger partial charge in [-0.25, -0.2) is 4.79 Å². The van der Waals surface area contributed by atoms with Crippen LogP contribution in [-0.2, 0) is 16.1 Å². The largest absolute Gasteiger partial charge is 0.477 e. The number of fused-ring (bicyclic) bond motifs is 1. The zero-order valence-corrected chi connectivity index (χ0v) is 17.6. The molecule has 1 aromatic heterocycles. The van der Waals surface area contributed by atoms with Crippen molar-refractivity contribution in [1.29, 1.82) is 0 Å². The van der Waals surface area contributed by atoms with E-state index in [-0.39, 0.29) is 12.2 Å². The second kappa shape index (κ2) is 8.36. The Morgan fingerprint density at radius 1 is 1.13 bits per heavy atom. The SMILES string of the molecule is CCOC(=O)[C@@H]1Oc2cc(C)n(Cc3ccccc3)c(=O)c2[C@H]1c1ccc(Cl)cc1. The molecule has 1 aliphatic rings. The minimum absolute atomic E-state index is 0.166. The first kappa shape index (κ1) is 20.2. The number of aromatic nitrogens is 1. The summed E-state index contributed by atoms with van der Waals surface area (Å²) in [5.74, 6) is -0.619. The average Bonchev–Trinajstić information content (AvgIpc) is 3.12. The number of esters is 1. The van der Waals surface area contributed by atoms with Crippen LogP contribution in [0.2, 0.25) is 5.02 Å². The Hall–Kier alpha value is -3.05. The maximum atomic E-state index is 13.6. The molecule has 0 radical (unpaired) electrons. The number of hydrogen-bond donors (Lipinski definition) is 0. The summed E-state index contributed by atoms with van der Waals surface area (Å²) in [5, 5.41) is 0.580. The highest BCUT2D eigenvalue weighted by molar-refractivity contribution is 6.30. The summed E-state index contributed by atoms with van der Waals surface area (Å²) < 4.78 is 12.9. The third kappa shape index (κ3) is 3.73. The van der Waals surface area contributed by atoms with E-state index in [9.17, 15) is 9.59 Å². The van der Waals surface area contributed by atoms with Crippen molar-refractivity contribution in [3.8, 4) is 5.75 Å². The number of rotatable bonds is 5. The van der Waals surface area contributed by atoms with Gasteiger partial charge >= 0.3 is 5.97 Å². The molecule has 4 rings (SSSR count). The van der Waals surface area contributed by atoms with Gasteiger partial charge in [0.1, 0.15) is 5.75 Å². The second-order valence-electron chi connectivity index (χ2n) is 7.26. The predicted octanol–water partition coefficient (Wildman–Crippen LogP) is 4.31. The number of nitrogens with zero attached hydrogens (tertiary/aromatic N) is 1. The molecule has 0 saturated heterocycles. The minimum atomic E-state index is -0.916. The maximum Gasteiger partial charge on any atom is 0.348 e. The minimum Gasteiger partial charge on any atom is -0.477 e. The van der Waals surface area contributed by atoms with E-state index in [1.807, 2.05) is 55.5 Å². The van der Waals surface area contributed by atoms with Crippen LogP contribution in [0.25, 0.3) is 0 Å². The summed E-state index contributed by atoms with van der Waals surface area (Å²) in [5.41, 5.74) is 2.87. The molecule has 0 fully saturated rings. The molecule has 0 N–H and O–H groups in total. The molecule has 3 aromatic rings. The van der Waals surface area contributed by atoms with E-state index in [1.165, 1.54) is 0 Å². The molecule has 6 heteroatoms. The summed E-state index contributed by atoms with van der Waals surface area (Å²) in [6.07, 6.45) is -0.916. The fourth-order valence-electron chi connectivity index (χ4n) is 3.88. The molecule has 30 heavy (non-hydrogen) atoms. The van der Waals surface area contributed by atoms with Gasteiger partial charge < -0.3 is 14.0 Å². The van der Waals surface area contributed by atoms with Crippen molar-refractivity contribution in [3.63, 3.8) is 0 Å². The highest BCUT2D eigenvalue weighted by Gasteiger charge is 2.44. The van der Waals surface area contributed by atoms with Crippen molar-refractivity contribution >= 4 is 17.6 Å². The third-order valence-electron chi connectivity index (χ3n) is 5.31. The summed E-state index contributed by atoms with van der Waals surface area (Å²) in [6, 6.07) is 18.7. The summed E-state index contributed by atoms with van der Waals surface area (Å²) >= 11 is 6.05. The third-order valence-corrected chi connectivity index (χ3v) is 5.56. The number of aryl methyl sites for hydroxylation is 1. The van der Waals surface area contributed by atoms with Crippen LogP contribution in [0.5, 0.6) is 5.75 Å². The van der Waals surface area contributed by atoms with Gasteiger partial charge in [0.05, 0.1) is 24.6 Å². The van der Waals surface area contributed by atoms with Gasteiger partial charge in [0.25, 0.3) is 5.56 Å². The number of pyridine rings is 1. The Bertz CT molecular complexity index is 1120. The Labute approximate surface area is 179 Å². The van der Waals surface area contributed by atoms with E-state index in [0.29, 0.717) is 22.9 Å². The van der Waals surface area contributed by atoms with Gasteiger partial charge in [-0.05, 0) is 37.1 Å². The monoisotopic (exact) mass is 423 g/mol. The average molecular weight is 424 g/mol. The van der Waals surface area contributed by atoms with Crippen molar-refractivity contribution in [3.05, 3.63) is 98.4 Å². The van der Waals surface area contributed by atoms with Gasteiger partial charge in [-0.2, -0.15) is 0 Å². The molecule has 1 aliphatic heterocycles. The second-order valence-corrected chi connectivity index (χ2v) is 7.70. The lowest BCUT2D eigenvalue weighted by Gasteiger charge is -2.18. The van der Waals surface area contributed by atoms with Gasteiger partial charge in [0, 0.05) is 16.8 Å². The van der Waals surface area contributed by atoms with E-state index >= 15 is 0 Å². The molecule has 0 unspecified atom stereocenters. The van der Waals surface area contributed by atoms with Crippen molar-refractivity contribution < 1.29 is 14.3 Å². The van der Waals surface area contributed by atoms with E-state index < -0.39 is 18.0 Å². The van der Waals surface area contributed by atoms with Crippen LogP contribution in [0, 0.1) is 6.92 Å². The first-order valence-electron chi connectivity index (χ1n) is 9.86. The van der Waals surface area contributed by atoms with Crippen molar-refractivity contribution in [2.45, 2.75) is 32.4 Å². The van der Waals surface area contributed by atoms with E-state index in [2.05, 4.69) is 0 Å². The van der Waals surface area contributed by atoms with E-state index in [4.69, 9.17) is 21.1 Å². The predicted molar refractivity (Wildman–Crippen MR) is 115 cm³/mol. The maximum absolute atomic E-state index is 13.6. The first-order valence-corrected chi connectivity index (χ1v) is 10.2. The summed E-state index contributed by atoms with van der Waals surface area (Å²) in [4.78, 5) is 26.2. The summed E-state index contributed by atoms with van der Waals surface area (Å²) in [7, 11) is 0. The highest BCUT2D eigenvalue weighted by atomic mass is 35.5. The standard InChI is InChI=1S/C24H22ClNO4/c1-3-29-24(28)22-20(17-9-11-18(25)12-10-17)21-19(30-22)13-15(2)26(23(21)27)14-16-7-5-4-6-8-16/h4-13,20,22H,3,14H2,1-2H3/t20-,22-/m1/s1. The van der Waals surface area contributed by atoms with Crippen LogP contribution in [0.15, 0.2) is 65.5 Å². The fourth-order valence-corrected chi connectivity index (χ4v) is 4.00. The molecule has 0 saturated carbocycles. The van der Waals surface area contributed by atoms with Crippen molar-refractivity contribution in [2.24, 2.45) is 0 Å². The Morgan fingerprint density at radius 2 is 1.83 bits per heavy atom. The quantitative estimate of drug-likeness (QED) is 0.573. The number of carbonyl (C=O) groups excluding carboxylic acids is 1. The van der Waals surface area contributed by atoms with Gasteiger partial charge in [0.2, 0.25) is 6.10 Å². The van der Waals surface area contributed by atoms with Crippen molar-refractivity contribution in [1.82, 2.24) is 4.57 Å². The summed E-state index contributed by atoms with van der Waals surface area (Å²) in [6.45, 7) is 4.28. The van der Waals surface area contributed by atoms with Gasteiger partial charge in [-0.1, -0.05) is 54.1 Å². The molecule has 2 heterocycles. The number of benzene rings is 2. The Kier molecular flexibility index (Phi) is 5.64. The van der Waals surface area contributed by atoms with Crippen molar-refractivity contribution in [2.75, 3.05) is 6.61 Å². The van der Waals surface area contributed by atoms with E-state index in [1.54, 1.807) is 23.6 Å². The van der Waals surface area contributed by atoms with Gasteiger partial charge in [0.15, 0.2) is 0 Å². The highest BCUT2D eigenvalue weighted by Crippen LogP contribution is 2.41. The molecule has 0 bridgehead atoms. The van der Waals surface area contributed by atoms with Crippen LogP contribution >= 0.6 is 11.6 Å². The lowest BCUT2D eigenvalue weighted by molar-refractivity contribution is -0.151. The molecule has 2 atom stereocenters. The molecule has 0 aliphatic carbocycles. The molecule has 0 spiro atoms. The first-order chi connectivity index (χ1) is 14.5. The van der Waals surface area contributed by atoms with Gasteiger partial charge in [-0.15, -0.1) is 0 Å². The lowest BCUT2D eigenvalue weighted by Crippen LogP contribution is -2.33. The number of carbonyl (C=O) groups is 1. The molecule has 5 nitrogen and oxygen atoms in total. The number of hydrogen-bond acceptors (Lipinski definition) is 4. The normalized spacial score (nSPS) is 17.3. The Morgan fingerprint density at radius 3 is 2.50 bits per heavy atom. The van der Waals surface area contributed by atoms with E-state index in [0.717, 1.165) is 16.8 Å². The van der Waals surface area contributed by atoms with Crippen LogP contribution < -0.4 is 10.3 Å². The number of ether oxygens (including phenoxy) is 2. The van der Waals surface area contributed by atoms with Crippen LogP contribution in [0.3, 0.4) is 0 Å². The molecular formula is C24H22ClNO4. The van der Waals surface area contributed by atoms with Crippen LogP contribution in [0.1, 0.15) is 35.2 Å².